The lowest BCUT2D eigenvalue weighted by atomic mass is 10.1. The lowest BCUT2D eigenvalue weighted by Gasteiger charge is -2.20. The van der Waals surface area contributed by atoms with Gasteiger partial charge >= 0.3 is 24.5 Å². The van der Waals surface area contributed by atoms with E-state index in [0.717, 1.165) is 16.7 Å². The standard InChI is InChI=1S/C20H21F3N2O3.C12H15F3N2O2.ClH/c1-14-7-9-16(10-8-14)18(26)24-12-17(11-15-5-3-2-4-6-15)25-19(27)28-13-20(21,22)23;13-12(14,15)8-19-11(18)17-10(7-16)6-9-4-2-1-3-5-9;/h2-10,17H,11-13H2,1H3,(H,24,26)(H,25,27);1-5,10H,6-8,16H2,(H,17,18);1H/t17-;10-;/m00./s1. The van der Waals surface area contributed by atoms with Crippen LogP contribution >= 0.6 is 12.4 Å². The van der Waals surface area contributed by atoms with Gasteiger partial charge in [-0.15, -0.1) is 12.4 Å². The van der Waals surface area contributed by atoms with Crippen LogP contribution in [-0.4, -0.2) is 68.8 Å². The quantitative estimate of drug-likeness (QED) is 0.174. The summed E-state index contributed by atoms with van der Waals surface area (Å²) in [4.78, 5) is 35.1. The Hall–Kier alpha value is -4.50. The predicted molar refractivity (Wildman–Crippen MR) is 169 cm³/mol. The molecule has 0 aliphatic rings. The van der Waals surface area contributed by atoms with Crippen molar-refractivity contribution in [1.29, 1.82) is 0 Å². The number of carbonyl (C=O) groups is 3. The molecule has 264 valence electrons. The van der Waals surface area contributed by atoms with Crippen LogP contribution in [-0.2, 0) is 22.3 Å². The van der Waals surface area contributed by atoms with E-state index in [1.54, 1.807) is 36.4 Å². The minimum atomic E-state index is -4.61. The Morgan fingerprint density at radius 1 is 0.688 bits per heavy atom. The first-order valence-electron chi connectivity index (χ1n) is 14.3. The predicted octanol–water partition coefficient (Wildman–Crippen LogP) is 5.89. The average Bonchev–Trinajstić information content (AvgIpc) is 3.02. The molecule has 0 aliphatic heterocycles. The van der Waals surface area contributed by atoms with Crippen molar-refractivity contribution in [3.8, 4) is 0 Å². The summed E-state index contributed by atoms with van der Waals surface area (Å²) in [5.41, 5.74) is 8.69. The second kappa shape index (κ2) is 20.7. The van der Waals surface area contributed by atoms with Gasteiger partial charge in [0.25, 0.3) is 5.91 Å². The van der Waals surface area contributed by atoms with E-state index in [4.69, 9.17) is 5.73 Å². The lowest BCUT2D eigenvalue weighted by Crippen LogP contribution is -2.45. The molecule has 0 radical (unpaired) electrons. The molecule has 0 saturated heterocycles. The normalized spacial score (nSPS) is 12.2. The van der Waals surface area contributed by atoms with E-state index in [9.17, 15) is 40.7 Å². The molecule has 0 spiro atoms. The summed E-state index contributed by atoms with van der Waals surface area (Å²) in [5, 5.41) is 7.36. The number of nitrogens with one attached hydrogen (secondary N) is 3. The number of hydrogen-bond donors (Lipinski definition) is 4. The van der Waals surface area contributed by atoms with Crippen LogP contribution in [0.15, 0.2) is 84.9 Å². The molecule has 0 bridgehead atoms. The topological polar surface area (TPSA) is 132 Å². The highest BCUT2D eigenvalue weighted by Crippen LogP contribution is 2.15. The van der Waals surface area contributed by atoms with Gasteiger partial charge in [-0.3, -0.25) is 4.79 Å². The van der Waals surface area contributed by atoms with Gasteiger partial charge in [0.2, 0.25) is 0 Å². The maximum absolute atomic E-state index is 12.3. The number of ether oxygens (including phenoxy) is 2. The first kappa shape index (κ1) is 41.5. The highest BCUT2D eigenvalue weighted by molar-refractivity contribution is 5.94. The first-order chi connectivity index (χ1) is 22.1. The Bertz CT molecular complexity index is 1380. The molecule has 0 fully saturated rings. The number of benzene rings is 3. The van der Waals surface area contributed by atoms with E-state index in [2.05, 4.69) is 25.4 Å². The van der Waals surface area contributed by atoms with E-state index in [1.807, 2.05) is 55.5 Å². The van der Waals surface area contributed by atoms with Crippen molar-refractivity contribution in [2.75, 3.05) is 26.3 Å². The van der Waals surface area contributed by atoms with E-state index in [-0.39, 0.29) is 31.4 Å². The summed E-state index contributed by atoms with van der Waals surface area (Å²) in [7, 11) is 0. The van der Waals surface area contributed by atoms with Crippen LogP contribution < -0.4 is 21.7 Å². The number of alkyl halides is 6. The third kappa shape index (κ3) is 18.6. The monoisotopic (exact) mass is 706 g/mol. The largest absolute Gasteiger partial charge is 0.440 e. The van der Waals surface area contributed by atoms with E-state index < -0.39 is 49.8 Å². The number of amides is 3. The zero-order chi connectivity index (χ0) is 34.9. The molecule has 9 nitrogen and oxygen atoms in total. The summed E-state index contributed by atoms with van der Waals surface area (Å²) in [6.45, 7) is -1.25. The van der Waals surface area contributed by atoms with E-state index in [0.29, 0.717) is 18.4 Å². The molecule has 0 heterocycles. The van der Waals surface area contributed by atoms with Crippen molar-refractivity contribution in [2.24, 2.45) is 5.73 Å². The Balaban J connectivity index is 0.000000505. The number of rotatable bonds is 12. The average molecular weight is 707 g/mol. The fraction of sp³-hybridized carbons (Fsp3) is 0.344. The van der Waals surface area contributed by atoms with Gasteiger partial charge in [0.1, 0.15) is 0 Å². The van der Waals surface area contributed by atoms with E-state index >= 15 is 0 Å². The molecular weight excluding hydrogens is 670 g/mol. The fourth-order valence-corrected chi connectivity index (χ4v) is 3.90. The van der Waals surface area contributed by atoms with Crippen molar-refractivity contribution >= 4 is 30.5 Å². The van der Waals surface area contributed by atoms with Crippen LogP contribution in [0, 0.1) is 6.92 Å². The highest BCUT2D eigenvalue weighted by atomic mass is 35.5. The van der Waals surface area contributed by atoms with Crippen LogP contribution in [0.2, 0.25) is 0 Å². The smallest absolute Gasteiger partial charge is 0.422 e. The van der Waals surface area contributed by atoms with Crippen molar-refractivity contribution in [1.82, 2.24) is 16.0 Å². The number of nitrogens with two attached hydrogens (primary N) is 1. The minimum absolute atomic E-state index is 0. The number of alkyl carbamates (subject to hydrolysis) is 2. The molecule has 16 heteroatoms. The van der Waals surface area contributed by atoms with Crippen LogP contribution in [0.25, 0.3) is 0 Å². The number of halogens is 7. The van der Waals surface area contributed by atoms with Crippen molar-refractivity contribution in [2.45, 2.75) is 44.2 Å². The summed E-state index contributed by atoms with van der Waals surface area (Å²) >= 11 is 0. The molecule has 2 atom stereocenters. The van der Waals surface area contributed by atoms with Crippen LogP contribution in [0.3, 0.4) is 0 Å². The highest BCUT2D eigenvalue weighted by Gasteiger charge is 2.31. The van der Waals surface area contributed by atoms with Gasteiger partial charge in [-0.1, -0.05) is 78.4 Å². The van der Waals surface area contributed by atoms with Gasteiger partial charge in [0.15, 0.2) is 13.2 Å². The Kier molecular flexibility index (Phi) is 17.9. The molecule has 5 N–H and O–H groups in total. The van der Waals surface area contributed by atoms with Gasteiger partial charge < -0.3 is 31.2 Å². The Morgan fingerprint density at radius 2 is 1.10 bits per heavy atom. The lowest BCUT2D eigenvalue weighted by molar-refractivity contribution is -0.160. The zero-order valence-corrected chi connectivity index (χ0v) is 26.6. The summed E-state index contributed by atoms with van der Waals surface area (Å²) in [6.07, 6.45) is -10.7. The van der Waals surface area contributed by atoms with Crippen molar-refractivity contribution in [3.63, 3.8) is 0 Å². The molecule has 3 amide bonds. The van der Waals surface area contributed by atoms with Crippen LogP contribution in [0.1, 0.15) is 27.0 Å². The number of aryl methyl sites for hydroxylation is 1. The molecular formula is C32H37ClF6N4O5. The van der Waals surface area contributed by atoms with Gasteiger partial charge in [-0.2, -0.15) is 26.3 Å². The Labute approximate surface area is 280 Å². The third-order valence-corrected chi connectivity index (χ3v) is 6.13. The SMILES string of the molecule is Cc1ccc(C(=O)NC[C@H](Cc2ccccc2)NC(=O)OCC(F)(F)F)cc1.Cl.NC[C@H](Cc1ccccc1)NC(=O)OCC(F)(F)F. The second-order valence-electron chi connectivity index (χ2n) is 10.3. The molecule has 3 aromatic rings. The molecule has 0 unspecified atom stereocenters. The maximum Gasteiger partial charge on any atom is 0.422 e. The first-order valence-corrected chi connectivity index (χ1v) is 14.3. The van der Waals surface area contributed by atoms with Crippen LogP contribution in [0.4, 0.5) is 35.9 Å². The summed E-state index contributed by atoms with van der Waals surface area (Å²) < 4.78 is 80.4. The second-order valence-corrected chi connectivity index (χ2v) is 10.3. The van der Waals surface area contributed by atoms with Gasteiger partial charge in [0, 0.05) is 24.7 Å². The number of carbonyl (C=O) groups excluding carboxylic acids is 3. The minimum Gasteiger partial charge on any atom is -0.440 e. The van der Waals surface area contributed by atoms with Crippen LogP contribution in [0.5, 0.6) is 0 Å². The Morgan fingerprint density at radius 3 is 1.52 bits per heavy atom. The summed E-state index contributed by atoms with van der Waals surface area (Å²) in [6, 6.07) is 24.0. The molecule has 0 aromatic heterocycles. The van der Waals surface area contributed by atoms with Crippen molar-refractivity contribution in [3.05, 3.63) is 107 Å². The van der Waals surface area contributed by atoms with Crippen molar-refractivity contribution < 1.29 is 50.2 Å². The number of hydrogen-bond acceptors (Lipinski definition) is 6. The molecule has 48 heavy (non-hydrogen) atoms. The third-order valence-electron chi connectivity index (χ3n) is 6.13. The zero-order valence-electron chi connectivity index (χ0n) is 25.8. The molecule has 3 rings (SSSR count). The van der Waals surface area contributed by atoms with Gasteiger partial charge in [0.05, 0.1) is 6.04 Å². The molecule has 0 saturated carbocycles. The van der Waals surface area contributed by atoms with Gasteiger partial charge in [-0.25, -0.2) is 9.59 Å². The maximum atomic E-state index is 12.3. The molecule has 0 aliphatic carbocycles. The summed E-state index contributed by atoms with van der Waals surface area (Å²) in [5.74, 6) is -0.344. The fourth-order valence-electron chi connectivity index (χ4n) is 3.90. The van der Waals surface area contributed by atoms with E-state index in [1.165, 1.54) is 0 Å². The molecule has 3 aromatic carbocycles. The van der Waals surface area contributed by atoms with Gasteiger partial charge in [-0.05, 0) is 43.0 Å².